The van der Waals surface area contributed by atoms with E-state index < -0.39 is 5.97 Å². The minimum atomic E-state index is -0.739. The van der Waals surface area contributed by atoms with Gasteiger partial charge in [-0.05, 0) is 12.8 Å². The Morgan fingerprint density at radius 3 is 2.70 bits per heavy atom. The Hall–Kier alpha value is -1.85. The van der Waals surface area contributed by atoms with Crippen LogP contribution in [0.3, 0.4) is 0 Å². The zero-order valence-corrected chi connectivity index (χ0v) is 12.1. The van der Waals surface area contributed by atoms with E-state index in [1.807, 2.05) is 13.8 Å². The molecule has 6 nitrogen and oxygen atoms in total. The molecule has 1 heterocycles. The third-order valence-corrected chi connectivity index (χ3v) is 2.93. The Kier molecular flexibility index (Phi) is 6.76. The van der Waals surface area contributed by atoms with Crippen molar-refractivity contribution in [1.29, 1.82) is 0 Å². The number of rotatable bonds is 9. The van der Waals surface area contributed by atoms with Gasteiger partial charge < -0.3 is 15.4 Å². The highest BCUT2D eigenvalue weighted by atomic mass is 16.4. The molecular formula is C14H23N3O3. The van der Waals surface area contributed by atoms with Crippen molar-refractivity contribution in [2.45, 2.75) is 51.9 Å². The summed E-state index contributed by atoms with van der Waals surface area (Å²) >= 11 is 0. The van der Waals surface area contributed by atoms with Gasteiger partial charge in [0.25, 0.3) is 5.56 Å². The molecular weight excluding hydrogens is 258 g/mol. The van der Waals surface area contributed by atoms with E-state index in [0.717, 1.165) is 32.2 Å². The van der Waals surface area contributed by atoms with Crippen LogP contribution in [-0.2, 0) is 4.79 Å². The number of nitrogens with zero attached hydrogens (tertiary/aromatic N) is 1. The van der Waals surface area contributed by atoms with Crippen molar-refractivity contribution in [1.82, 2.24) is 9.97 Å². The van der Waals surface area contributed by atoms with E-state index in [1.54, 1.807) is 0 Å². The number of hydrogen-bond donors (Lipinski definition) is 3. The zero-order valence-electron chi connectivity index (χ0n) is 12.1. The highest BCUT2D eigenvalue weighted by molar-refractivity contribution is 5.66. The molecule has 0 radical (unpaired) electrons. The van der Waals surface area contributed by atoms with Gasteiger partial charge in [-0.25, -0.2) is 4.98 Å². The van der Waals surface area contributed by atoms with Crippen LogP contribution in [0.2, 0.25) is 0 Å². The monoisotopic (exact) mass is 281 g/mol. The summed E-state index contributed by atoms with van der Waals surface area (Å²) in [6.45, 7) is 4.69. The van der Waals surface area contributed by atoms with Crippen LogP contribution in [0.15, 0.2) is 10.9 Å². The van der Waals surface area contributed by atoms with Gasteiger partial charge in [-0.1, -0.05) is 26.7 Å². The summed E-state index contributed by atoms with van der Waals surface area (Å²) < 4.78 is 0. The first kappa shape index (κ1) is 16.2. The SMILES string of the molecule is CC(C)c1nc(NCCCCCCC(=O)O)cc(=O)[nH]1. The molecule has 0 amide bonds. The minimum Gasteiger partial charge on any atom is -0.481 e. The number of unbranched alkanes of at least 4 members (excludes halogenated alkanes) is 3. The Balaban J connectivity index is 2.28. The topological polar surface area (TPSA) is 95.1 Å². The predicted molar refractivity (Wildman–Crippen MR) is 78.2 cm³/mol. The molecule has 0 unspecified atom stereocenters. The first-order chi connectivity index (χ1) is 9.49. The third-order valence-electron chi connectivity index (χ3n) is 2.93. The van der Waals surface area contributed by atoms with Gasteiger partial charge >= 0.3 is 5.97 Å². The van der Waals surface area contributed by atoms with Gasteiger partial charge in [0.2, 0.25) is 0 Å². The lowest BCUT2D eigenvalue weighted by Gasteiger charge is -2.08. The molecule has 0 saturated heterocycles. The molecule has 0 aliphatic rings. The maximum Gasteiger partial charge on any atom is 0.303 e. The molecule has 20 heavy (non-hydrogen) atoms. The number of carbonyl (C=O) groups is 1. The Labute approximate surface area is 118 Å². The number of carboxylic acid groups (broad SMARTS) is 1. The van der Waals surface area contributed by atoms with Gasteiger partial charge in [0.05, 0.1) is 0 Å². The Bertz CT molecular complexity index is 483. The lowest BCUT2D eigenvalue weighted by atomic mass is 10.1. The highest BCUT2D eigenvalue weighted by Gasteiger charge is 2.04. The molecule has 1 aromatic heterocycles. The largest absolute Gasteiger partial charge is 0.481 e. The summed E-state index contributed by atoms with van der Waals surface area (Å²) in [5.74, 6) is 0.724. The van der Waals surface area contributed by atoms with Crippen LogP contribution >= 0.6 is 0 Å². The van der Waals surface area contributed by atoms with E-state index in [0.29, 0.717) is 11.6 Å². The molecule has 0 spiro atoms. The number of anilines is 1. The fraction of sp³-hybridized carbons (Fsp3) is 0.643. The number of aliphatic carboxylic acids is 1. The standard InChI is InChI=1S/C14H23N3O3/c1-10(2)14-16-11(9-12(18)17-14)15-8-6-4-3-5-7-13(19)20/h9-10H,3-8H2,1-2H3,(H,19,20)(H2,15,16,17,18). The normalized spacial score (nSPS) is 10.8. The van der Waals surface area contributed by atoms with Crippen LogP contribution < -0.4 is 10.9 Å². The average molecular weight is 281 g/mol. The van der Waals surface area contributed by atoms with E-state index in [1.165, 1.54) is 6.07 Å². The highest BCUT2D eigenvalue weighted by Crippen LogP contribution is 2.09. The van der Waals surface area contributed by atoms with E-state index in [-0.39, 0.29) is 17.9 Å². The van der Waals surface area contributed by atoms with Gasteiger partial charge in [0.15, 0.2) is 0 Å². The quantitative estimate of drug-likeness (QED) is 0.604. The van der Waals surface area contributed by atoms with Crippen molar-refractivity contribution in [3.63, 3.8) is 0 Å². The molecule has 1 aromatic rings. The van der Waals surface area contributed by atoms with Crippen LogP contribution in [0.1, 0.15) is 57.7 Å². The minimum absolute atomic E-state index is 0.146. The second-order valence-corrected chi connectivity index (χ2v) is 5.16. The number of aromatic amines is 1. The first-order valence-electron chi connectivity index (χ1n) is 7.06. The summed E-state index contributed by atoms with van der Waals surface area (Å²) in [7, 11) is 0. The third kappa shape index (κ3) is 6.36. The number of H-pyrrole nitrogens is 1. The van der Waals surface area contributed by atoms with Crippen molar-refractivity contribution in [3.8, 4) is 0 Å². The number of nitrogens with one attached hydrogen (secondary N) is 2. The number of hydrogen-bond acceptors (Lipinski definition) is 4. The molecule has 0 aromatic carbocycles. The molecule has 0 atom stereocenters. The lowest BCUT2D eigenvalue weighted by molar-refractivity contribution is -0.137. The van der Waals surface area contributed by atoms with Crippen LogP contribution in [0.25, 0.3) is 0 Å². The first-order valence-corrected chi connectivity index (χ1v) is 7.06. The predicted octanol–water partition coefficient (Wildman–Crippen LogP) is 2.34. The molecule has 6 heteroatoms. The Morgan fingerprint density at radius 2 is 2.05 bits per heavy atom. The summed E-state index contributed by atoms with van der Waals surface area (Å²) in [6, 6.07) is 1.45. The fourth-order valence-corrected chi connectivity index (χ4v) is 1.81. The maximum absolute atomic E-state index is 11.5. The van der Waals surface area contributed by atoms with Crippen molar-refractivity contribution in [2.24, 2.45) is 0 Å². The smallest absolute Gasteiger partial charge is 0.303 e. The van der Waals surface area contributed by atoms with Crippen LogP contribution in [0.5, 0.6) is 0 Å². The van der Waals surface area contributed by atoms with E-state index in [4.69, 9.17) is 5.11 Å². The van der Waals surface area contributed by atoms with Crippen LogP contribution in [0.4, 0.5) is 5.82 Å². The van der Waals surface area contributed by atoms with Gasteiger partial charge in [-0.3, -0.25) is 9.59 Å². The molecule has 0 bridgehead atoms. The fourth-order valence-electron chi connectivity index (χ4n) is 1.81. The van der Waals surface area contributed by atoms with Crippen LogP contribution in [-0.4, -0.2) is 27.6 Å². The summed E-state index contributed by atoms with van der Waals surface area (Å²) in [5, 5.41) is 11.6. The van der Waals surface area contributed by atoms with Crippen molar-refractivity contribution in [3.05, 3.63) is 22.2 Å². The second kappa shape index (κ2) is 8.35. The van der Waals surface area contributed by atoms with Gasteiger partial charge in [0, 0.05) is 24.9 Å². The van der Waals surface area contributed by atoms with Crippen molar-refractivity contribution >= 4 is 11.8 Å². The second-order valence-electron chi connectivity index (χ2n) is 5.16. The molecule has 1 rings (SSSR count). The molecule has 0 aliphatic carbocycles. The number of aromatic nitrogens is 2. The number of carboxylic acids is 1. The van der Waals surface area contributed by atoms with Crippen molar-refractivity contribution in [2.75, 3.05) is 11.9 Å². The summed E-state index contributed by atoms with van der Waals surface area (Å²) in [6.07, 6.45) is 3.77. The van der Waals surface area contributed by atoms with Gasteiger partial charge in [-0.2, -0.15) is 0 Å². The Morgan fingerprint density at radius 1 is 1.35 bits per heavy atom. The van der Waals surface area contributed by atoms with Crippen molar-refractivity contribution < 1.29 is 9.90 Å². The average Bonchev–Trinajstić information content (AvgIpc) is 2.36. The van der Waals surface area contributed by atoms with Gasteiger partial charge in [0.1, 0.15) is 11.6 Å². The lowest BCUT2D eigenvalue weighted by Crippen LogP contribution is -2.15. The summed E-state index contributed by atoms with van der Waals surface area (Å²) in [4.78, 5) is 28.9. The van der Waals surface area contributed by atoms with E-state index >= 15 is 0 Å². The molecule has 0 fully saturated rings. The molecule has 0 saturated carbocycles. The van der Waals surface area contributed by atoms with Crippen LogP contribution in [0, 0.1) is 0 Å². The molecule has 3 N–H and O–H groups in total. The maximum atomic E-state index is 11.5. The summed E-state index contributed by atoms with van der Waals surface area (Å²) in [5.41, 5.74) is -0.146. The van der Waals surface area contributed by atoms with Gasteiger partial charge in [-0.15, -0.1) is 0 Å². The zero-order chi connectivity index (χ0) is 15.0. The molecule has 112 valence electrons. The molecule has 0 aliphatic heterocycles. The van der Waals surface area contributed by atoms with E-state index in [9.17, 15) is 9.59 Å². The van der Waals surface area contributed by atoms with E-state index in [2.05, 4.69) is 15.3 Å².